The van der Waals surface area contributed by atoms with Crippen molar-refractivity contribution in [2.45, 2.75) is 0 Å². The largest absolute Gasteiger partial charge is 0.504 e. The van der Waals surface area contributed by atoms with Crippen LogP contribution < -0.4 is 36.3 Å². The summed E-state index contributed by atoms with van der Waals surface area (Å²) in [6.45, 7) is 0.925. The Morgan fingerprint density at radius 2 is 1.93 bits per heavy atom. The van der Waals surface area contributed by atoms with Crippen LogP contribution in [-0.4, -0.2) is 54.1 Å². The van der Waals surface area contributed by atoms with Crippen molar-refractivity contribution in [3.05, 3.63) is 38.5 Å². The summed E-state index contributed by atoms with van der Waals surface area (Å²) < 4.78 is 12.6. The van der Waals surface area contributed by atoms with Gasteiger partial charge in [-0.2, -0.15) is 0 Å². The molecule has 0 bridgehead atoms. The molecule has 0 saturated carbocycles. The van der Waals surface area contributed by atoms with Gasteiger partial charge in [-0.3, -0.25) is 18.7 Å². The van der Waals surface area contributed by atoms with Crippen LogP contribution in [0.2, 0.25) is 0 Å². The number of anilines is 2. The number of methoxy groups -OCH3 is 2. The number of ether oxygens (including phenoxy) is 2. The second-order valence-corrected chi connectivity index (χ2v) is 6.49. The normalized spacial score (nSPS) is 12.3. The number of rotatable bonds is 6. The lowest BCUT2D eigenvalue weighted by atomic mass is 10.1. The number of fused-ring (bicyclic) bond motifs is 1. The number of phenolic OH excluding ortho intramolecular Hbond substituents is 1. The molecule has 1 aliphatic heterocycles. The third-order valence-corrected chi connectivity index (χ3v) is 4.78. The highest BCUT2D eigenvalue weighted by atomic mass is 16.5. The van der Waals surface area contributed by atoms with E-state index in [1.807, 2.05) is 0 Å². The minimum atomic E-state index is -0.415. The monoisotopic (exact) mass is 405 g/mol. The van der Waals surface area contributed by atoms with Gasteiger partial charge in [0, 0.05) is 32.7 Å². The molecule has 2 aromatic rings. The first kappa shape index (κ1) is 20.1. The van der Waals surface area contributed by atoms with Gasteiger partial charge in [0.05, 0.1) is 20.9 Å². The fourth-order valence-corrected chi connectivity index (χ4v) is 3.24. The summed E-state index contributed by atoms with van der Waals surface area (Å²) in [5.74, 6) is 0.209. The summed E-state index contributed by atoms with van der Waals surface area (Å²) in [5, 5.41) is 15.8. The molecule has 1 aromatic heterocycles. The molecule has 1 aliphatic rings. The van der Waals surface area contributed by atoms with Crippen LogP contribution in [-0.2, 0) is 14.1 Å². The van der Waals surface area contributed by atoms with Crippen molar-refractivity contribution in [2.75, 3.05) is 44.2 Å². The average molecular weight is 405 g/mol. The van der Waals surface area contributed by atoms with Crippen molar-refractivity contribution in [2.24, 2.45) is 14.1 Å². The van der Waals surface area contributed by atoms with Crippen molar-refractivity contribution in [1.29, 1.82) is 0 Å². The molecular weight excluding hydrogens is 382 g/mol. The van der Waals surface area contributed by atoms with Crippen molar-refractivity contribution in [3.8, 4) is 17.2 Å². The van der Waals surface area contributed by atoms with Gasteiger partial charge in [0.2, 0.25) is 5.75 Å². The van der Waals surface area contributed by atoms with E-state index in [0.717, 1.165) is 4.57 Å². The maximum absolute atomic E-state index is 12.5. The number of nitrogens with zero attached hydrogens (tertiary/aromatic N) is 3. The summed E-state index contributed by atoms with van der Waals surface area (Å²) in [4.78, 5) is 38.7. The Labute approximate surface area is 166 Å². The van der Waals surface area contributed by atoms with E-state index in [2.05, 4.69) is 10.6 Å². The van der Waals surface area contributed by atoms with E-state index in [9.17, 15) is 19.5 Å². The molecule has 29 heavy (non-hydrogen) atoms. The number of hydrogen-bond acceptors (Lipinski definition) is 8. The van der Waals surface area contributed by atoms with E-state index in [1.54, 1.807) is 11.9 Å². The first-order chi connectivity index (χ1) is 13.8. The highest BCUT2D eigenvalue weighted by molar-refractivity contribution is 5.95. The van der Waals surface area contributed by atoms with Crippen molar-refractivity contribution in [1.82, 2.24) is 14.5 Å². The summed E-state index contributed by atoms with van der Waals surface area (Å²) in [7, 11) is 5.80. The molecule has 11 heteroatoms. The Balaban J connectivity index is 1.72. The SMILES string of the molecule is COc1cc(C(=O)NCCN2CNc3c2c(=O)n(C)c(=O)n3C)cc(O)c1OC. The van der Waals surface area contributed by atoms with Gasteiger partial charge in [0.15, 0.2) is 11.5 Å². The molecule has 0 atom stereocenters. The first-order valence-electron chi connectivity index (χ1n) is 8.82. The first-order valence-corrected chi connectivity index (χ1v) is 8.82. The van der Waals surface area contributed by atoms with Crippen LogP contribution in [0.5, 0.6) is 17.2 Å². The van der Waals surface area contributed by atoms with Gasteiger partial charge in [0.25, 0.3) is 11.5 Å². The van der Waals surface area contributed by atoms with Crippen LogP contribution in [0.4, 0.5) is 11.5 Å². The zero-order valence-electron chi connectivity index (χ0n) is 16.6. The van der Waals surface area contributed by atoms with E-state index in [1.165, 1.54) is 38.0 Å². The maximum Gasteiger partial charge on any atom is 0.332 e. The van der Waals surface area contributed by atoms with Gasteiger partial charge < -0.3 is 30.1 Å². The van der Waals surface area contributed by atoms with Gasteiger partial charge in [-0.15, -0.1) is 0 Å². The fraction of sp³-hybridized carbons (Fsp3) is 0.389. The predicted octanol–water partition coefficient (Wildman–Crippen LogP) is -0.574. The van der Waals surface area contributed by atoms with Gasteiger partial charge in [-0.1, -0.05) is 0 Å². The minimum Gasteiger partial charge on any atom is -0.504 e. The molecule has 3 N–H and O–H groups in total. The molecule has 0 unspecified atom stereocenters. The molecule has 0 spiro atoms. The quantitative estimate of drug-likeness (QED) is 0.583. The molecule has 1 amide bonds. The number of carbonyl (C=O) groups is 1. The van der Waals surface area contributed by atoms with E-state index in [4.69, 9.17) is 9.47 Å². The Morgan fingerprint density at radius 1 is 1.21 bits per heavy atom. The molecule has 2 heterocycles. The number of benzene rings is 1. The summed E-state index contributed by atoms with van der Waals surface area (Å²) in [6.07, 6.45) is 0. The number of carbonyl (C=O) groups excluding carboxylic acids is 1. The van der Waals surface area contributed by atoms with Crippen LogP contribution in [0.1, 0.15) is 10.4 Å². The second-order valence-electron chi connectivity index (χ2n) is 6.49. The van der Waals surface area contributed by atoms with Crippen molar-refractivity contribution < 1.29 is 19.4 Å². The minimum absolute atomic E-state index is 0.144. The van der Waals surface area contributed by atoms with Crippen LogP contribution in [0.25, 0.3) is 0 Å². The Hall–Kier alpha value is -3.63. The third-order valence-electron chi connectivity index (χ3n) is 4.78. The smallest absolute Gasteiger partial charge is 0.332 e. The Morgan fingerprint density at radius 3 is 2.59 bits per heavy atom. The molecule has 0 fully saturated rings. The summed E-state index contributed by atoms with van der Waals surface area (Å²) >= 11 is 0. The van der Waals surface area contributed by atoms with Crippen molar-refractivity contribution in [3.63, 3.8) is 0 Å². The summed E-state index contributed by atoms with van der Waals surface area (Å²) in [5.41, 5.74) is -0.222. The fourth-order valence-electron chi connectivity index (χ4n) is 3.24. The van der Waals surface area contributed by atoms with Crippen LogP contribution in [0.3, 0.4) is 0 Å². The summed E-state index contributed by atoms with van der Waals surface area (Å²) in [6, 6.07) is 2.75. The molecule has 156 valence electrons. The molecule has 0 aliphatic carbocycles. The van der Waals surface area contributed by atoms with E-state index < -0.39 is 17.2 Å². The average Bonchev–Trinajstić information content (AvgIpc) is 3.13. The molecule has 3 rings (SSSR count). The van der Waals surface area contributed by atoms with Gasteiger partial charge >= 0.3 is 5.69 Å². The highest BCUT2D eigenvalue weighted by Crippen LogP contribution is 2.37. The van der Waals surface area contributed by atoms with Gasteiger partial charge in [-0.05, 0) is 12.1 Å². The van der Waals surface area contributed by atoms with Crippen LogP contribution >= 0.6 is 0 Å². The molecular formula is C18H23N5O6. The highest BCUT2D eigenvalue weighted by Gasteiger charge is 2.26. The zero-order valence-corrected chi connectivity index (χ0v) is 16.6. The molecule has 0 radical (unpaired) electrons. The zero-order chi connectivity index (χ0) is 21.3. The number of hydrogen-bond donors (Lipinski definition) is 3. The molecule has 1 aromatic carbocycles. The van der Waals surface area contributed by atoms with Crippen molar-refractivity contribution >= 4 is 17.4 Å². The van der Waals surface area contributed by atoms with Crippen LogP contribution in [0.15, 0.2) is 21.7 Å². The number of aromatic hydroxyl groups is 1. The standard InChI is InChI=1S/C18H23N5O6/c1-21-15-13(17(26)22(2)18(21)27)23(9-20-15)6-5-19-16(25)10-7-11(24)14(29-4)12(8-10)28-3/h7-8,20,24H,5-6,9H2,1-4H3,(H,19,25). The lowest BCUT2D eigenvalue weighted by Crippen LogP contribution is -2.41. The molecule has 0 saturated heterocycles. The number of amides is 1. The Kier molecular flexibility index (Phi) is 5.39. The third kappa shape index (κ3) is 3.46. The van der Waals surface area contributed by atoms with Gasteiger partial charge in [-0.25, -0.2) is 4.79 Å². The van der Waals surface area contributed by atoms with Gasteiger partial charge in [0.1, 0.15) is 11.5 Å². The second kappa shape index (κ2) is 7.78. The number of aromatic nitrogens is 2. The molecule has 11 nitrogen and oxygen atoms in total. The lowest BCUT2D eigenvalue weighted by Gasteiger charge is -2.18. The van der Waals surface area contributed by atoms with Crippen LogP contribution in [0, 0.1) is 0 Å². The van der Waals surface area contributed by atoms with E-state index in [0.29, 0.717) is 24.7 Å². The van der Waals surface area contributed by atoms with E-state index in [-0.39, 0.29) is 29.4 Å². The predicted molar refractivity (Wildman–Crippen MR) is 106 cm³/mol. The number of phenols is 1. The lowest BCUT2D eigenvalue weighted by molar-refractivity contribution is 0.0954. The number of nitrogens with one attached hydrogen (secondary N) is 2. The Bertz CT molecular complexity index is 1070. The maximum atomic E-state index is 12.5. The topological polar surface area (TPSA) is 127 Å². The van der Waals surface area contributed by atoms with E-state index >= 15 is 0 Å².